The average Bonchev–Trinajstić information content (AvgIpc) is 3.74. The number of likely N-dealkylation sites (tertiary alicyclic amines) is 2. The van der Waals surface area contributed by atoms with Crippen LogP contribution in [0, 0.1) is 11.3 Å². The molecule has 5 rings (SSSR count). The number of amides is 1. The molecule has 5 heterocycles. The Morgan fingerprint density at radius 2 is 2.05 bits per heavy atom. The summed E-state index contributed by atoms with van der Waals surface area (Å²) in [6, 6.07) is 4.70. The number of rotatable bonds is 7. The molecule has 2 aromatic rings. The van der Waals surface area contributed by atoms with Gasteiger partial charge in [0.1, 0.15) is 5.84 Å². The average molecular weight is 598 g/mol. The van der Waals surface area contributed by atoms with Crippen LogP contribution >= 0.6 is 11.3 Å². The quantitative estimate of drug-likeness (QED) is 0.436. The van der Waals surface area contributed by atoms with Crippen molar-refractivity contribution in [2.45, 2.75) is 64.2 Å². The molecule has 1 N–H and O–H groups in total. The van der Waals surface area contributed by atoms with Gasteiger partial charge in [0.25, 0.3) is 5.91 Å². The summed E-state index contributed by atoms with van der Waals surface area (Å²) in [4.78, 5) is 24.9. The Morgan fingerprint density at radius 3 is 2.69 bits per heavy atom. The summed E-state index contributed by atoms with van der Waals surface area (Å²) < 4.78 is 40.9. The molecule has 0 radical (unpaired) electrons. The van der Waals surface area contributed by atoms with E-state index in [1.54, 1.807) is 4.90 Å². The van der Waals surface area contributed by atoms with E-state index in [-0.39, 0.29) is 16.6 Å². The van der Waals surface area contributed by atoms with Crippen molar-refractivity contribution in [3.63, 3.8) is 0 Å². The SMILES string of the molecule is CC/C(C)=C/N=C1\NC=C\C1=C(\C)c1ccn(C2(CC#N)CN(C3CCN(C(=O)c4nc(C(F)(F)F)cs4)CC3)C2)c1. The van der Waals surface area contributed by atoms with Crippen LogP contribution in [0.3, 0.4) is 0 Å². The number of halogens is 3. The molecule has 42 heavy (non-hydrogen) atoms. The lowest BCUT2D eigenvalue weighted by Crippen LogP contribution is -2.66. The second-order valence-corrected chi connectivity index (χ2v) is 12.0. The summed E-state index contributed by atoms with van der Waals surface area (Å²) in [5.41, 5.74) is 3.04. The van der Waals surface area contributed by atoms with Crippen molar-refractivity contribution < 1.29 is 18.0 Å². The van der Waals surface area contributed by atoms with E-state index in [4.69, 9.17) is 0 Å². The number of carbonyl (C=O) groups excluding carboxylic acids is 1. The maximum atomic E-state index is 12.9. The minimum atomic E-state index is -4.56. The van der Waals surface area contributed by atoms with Crippen LogP contribution in [-0.2, 0) is 11.7 Å². The molecule has 222 valence electrons. The smallest absolute Gasteiger partial charge is 0.346 e. The van der Waals surface area contributed by atoms with Crippen LogP contribution in [0.15, 0.2) is 58.5 Å². The fourth-order valence-electron chi connectivity index (χ4n) is 5.66. The Balaban J connectivity index is 1.22. The van der Waals surface area contributed by atoms with E-state index in [1.807, 2.05) is 24.7 Å². The lowest BCUT2D eigenvalue weighted by molar-refractivity contribution is -0.140. The molecule has 0 aliphatic carbocycles. The molecule has 0 aromatic carbocycles. The van der Waals surface area contributed by atoms with Gasteiger partial charge >= 0.3 is 6.18 Å². The molecule has 0 bridgehead atoms. The van der Waals surface area contributed by atoms with Crippen LogP contribution in [0.1, 0.15) is 67.5 Å². The first kappa shape index (κ1) is 29.8. The minimum Gasteiger partial charge on any atom is -0.346 e. The molecule has 1 amide bonds. The third-order valence-corrected chi connectivity index (χ3v) is 9.25. The Kier molecular flexibility index (Phi) is 8.44. The van der Waals surface area contributed by atoms with E-state index in [2.05, 4.69) is 63.9 Å². The molecular weight excluding hydrogens is 563 g/mol. The van der Waals surface area contributed by atoms with Crippen molar-refractivity contribution >= 4 is 28.7 Å². The summed E-state index contributed by atoms with van der Waals surface area (Å²) in [6.07, 6.45) is 8.17. The molecule has 3 aliphatic heterocycles. The zero-order valence-corrected chi connectivity index (χ0v) is 24.7. The van der Waals surface area contributed by atoms with Crippen molar-refractivity contribution in [1.82, 2.24) is 24.7 Å². The number of piperidine rings is 1. The van der Waals surface area contributed by atoms with Crippen molar-refractivity contribution in [3.8, 4) is 6.07 Å². The molecule has 0 saturated carbocycles. The van der Waals surface area contributed by atoms with Crippen LogP contribution in [0.5, 0.6) is 0 Å². The number of aliphatic imine (C=N–C) groups is 1. The molecule has 8 nitrogen and oxygen atoms in total. The number of amidine groups is 1. The predicted molar refractivity (Wildman–Crippen MR) is 157 cm³/mol. The van der Waals surface area contributed by atoms with Crippen LogP contribution in [0.25, 0.3) is 5.57 Å². The fraction of sp³-hybridized carbons (Fsp3) is 0.467. The van der Waals surface area contributed by atoms with Gasteiger partial charge in [0, 0.05) is 68.0 Å². The van der Waals surface area contributed by atoms with Gasteiger partial charge < -0.3 is 14.8 Å². The number of carbonyl (C=O) groups is 1. The Hall–Kier alpha value is -3.69. The van der Waals surface area contributed by atoms with Gasteiger partial charge in [0.2, 0.25) is 0 Å². The summed E-state index contributed by atoms with van der Waals surface area (Å²) in [5.74, 6) is 0.368. The molecule has 0 atom stereocenters. The van der Waals surface area contributed by atoms with E-state index in [0.717, 1.165) is 71.6 Å². The zero-order valence-electron chi connectivity index (χ0n) is 23.9. The van der Waals surface area contributed by atoms with Crippen LogP contribution in [0.2, 0.25) is 0 Å². The summed E-state index contributed by atoms with van der Waals surface area (Å²) in [7, 11) is 0. The van der Waals surface area contributed by atoms with Gasteiger partial charge in [0.15, 0.2) is 10.7 Å². The number of alkyl halides is 3. The largest absolute Gasteiger partial charge is 0.434 e. The maximum Gasteiger partial charge on any atom is 0.434 e. The first-order valence-corrected chi connectivity index (χ1v) is 14.9. The maximum absolute atomic E-state index is 12.9. The first-order valence-electron chi connectivity index (χ1n) is 14.0. The third kappa shape index (κ3) is 5.94. The van der Waals surface area contributed by atoms with Crippen LogP contribution < -0.4 is 5.32 Å². The van der Waals surface area contributed by atoms with Gasteiger partial charge in [-0.3, -0.25) is 9.69 Å². The number of nitrogens with zero attached hydrogens (tertiary/aromatic N) is 6. The van der Waals surface area contributed by atoms with E-state index in [9.17, 15) is 23.2 Å². The van der Waals surface area contributed by atoms with Gasteiger partial charge in [-0.15, -0.1) is 11.3 Å². The minimum absolute atomic E-state index is 0.124. The number of hydrogen-bond donors (Lipinski definition) is 1. The highest BCUT2D eigenvalue weighted by atomic mass is 32.1. The molecule has 0 unspecified atom stereocenters. The highest BCUT2D eigenvalue weighted by Crippen LogP contribution is 2.38. The Morgan fingerprint density at radius 1 is 1.31 bits per heavy atom. The first-order chi connectivity index (χ1) is 20.0. The van der Waals surface area contributed by atoms with Gasteiger partial charge in [0.05, 0.1) is 18.0 Å². The second-order valence-electron chi connectivity index (χ2n) is 11.2. The predicted octanol–water partition coefficient (Wildman–Crippen LogP) is 5.80. The molecule has 12 heteroatoms. The number of thiazole rings is 1. The number of allylic oxidation sites excluding steroid dienone is 2. The molecule has 0 spiro atoms. The topological polar surface area (TPSA) is 89.5 Å². The number of aromatic nitrogens is 2. The van der Waals surface area contributed by atoms with E-state index in [0.29, 0.717) is 19.5 Å². The fourth-order valence-corrected chi connectivity index (χ4v) is 6.45. The normalized spacial score (nSPS) is 21.8. The third-order valence-electron chi connectivity index (χ3n) is 8.42. The highest BCUT2D eigenvalue weighted by Gasteiger charge is 2.47. The standard InChI is InChI=1S/C30H34F3N7OS/c1-4-20(2)15-36-26-24(5-11-35-26)21(3)22-6-14-40(16-22)29(9-10-34)18-39(19-29)23-7-12-38(13-8-23)28(41)27-37-25(17-42-27)30(31,32)33/h5-6,11,14-17,23H,4,7-9,12-13,18-19H2,1-3H3,(H,35,36)/b20-15+,24-21+. The second kappa shape index (κ2) is 11.9. The van der Waals surface area contributed by atoms with Crippen molar-refractivity contribution in [3.05, 3.63) is 69.7 Å². The van der Waals surface area contributed by atoms with Crippen molar-refractivity contribution in [1.29, 1.82) is 5.26 Å². The van der Waals surface area contributed by atoms with Gasteiger partial charge in [-0.25, -0.2) is 9.98 Å². The summed E-state index contributed by atoms with van der Waals surface area (Å²) in [5, 5.41) is 13.7. The van der Waals surface area contributed by atoms with Gasteiger partial charge in [-0.05, 0) is 56.4 Å². The molecular formula is C30H34F3N7OS. The van der Waals surface area contributed by atoms with Gasteiger partial charge in [-0.1, -0.05) is 12.5 Å². The van der Waals surface area contributed by atoms with E-state index in [1.165, 1.54) is 5.57 Å². The Labute approximate surface area is 247 Å². The molecule has 2 saturated heterocycles. The lowest BCUT2D eigenvalue weighted by Gasteiger charge is -2.54. The highest BCUT2D eigenvalue weighted by molar-refractivity contribution is 7.11. The molecule has 3 aliphatic rings. The zero-order chi connectivity index (χ0) is 30.1. The monoisotopic (exact) mass is 597 g/mol. The van der Waals surface area contributed by atoms with E-state index < -0.39 is 17.8 Å². The number of nitriles is 1. The molecule has 2 aromatic heterocycles. The van der Waals surface area contributed by atoms with Crippen LogP contribution in [0.4, 0.5) is 13.2 Å². The van der Waals surface area contributed by atoms with Gasteiger partial charge in [-0.2, -0.15) is 18.4 Å². The summed E-state index contributed by atoms with van der Waals surface area (Å²) in [6.45, 7) is 8.60. The summed E-state index contributed by atoms with van der Waals surface area (Å²) >= 11 is 0.734. The van der Waals surface area contributed by atoms with E-state index >= 15 is 0 Å². The lowest BCUT2D eigenvalue weighted by atomic mass is 9.83. The molecule has 2 fully saturated rings. The number of nitrogens with one attached hydrogen (secondary N) is 1. The van der Waals surface area contributed by atoms with Crippen molar-refractivity contribution in [2.75, 3.05) is 26.2 Å². The number of hydrogen-bond acceptors (Lipinski definition) is 6. The Bertz CT molecular complexity index is 1490. The van der Waals surface area contributed by atoms with Crippen molar-refractivity contribution in [2.24, 2.45) is 4.99 Å². The van der Waals surface area contributed by atoms with Crippen LogP contribution in [-0.4, -0.2) is 63.3 Å².